The second-order valence-electron chi connectivity index (χ2n) is 6.42. The van der Waals surface area contributed by atoms with E-state index in [2.05, 4.69) is 0 Å². The number of amides is 1. The average molecular weight is 326 g/mol. The fraction of sp³-hybridized carbons (Fsp3) is 0.600. The number of aromatic hydroxyl groups is 2. The van der Waals surface area contributed by atoms with Crippen LogP contribution in [-0.4, -0.2) is 50.6 Å². The Labute approximate surface area is 134 Å². The second-order valence-corrected chi connectivity index (χ2v) is 6.42. The Morgan fingerprint density at radius 2 is 1.70 bits per heavy atom. The maximum Gasteiger partial charge on any atom is 0.424 e. The molecule has 0 atom stereocenters. The third-order valence-electron chi connectivity index (χ3n) is 3.31. The molecule has 0 bridgehead atoms. The first-order valence-electron chi connectivity index (χ1n) is 7.53. The number of likely N-dealkylation sites (tertiary alicyclic amines) is 1. The van der Waals surface area contributed by atoms with Crippen LogP contribution in [0.4, 0.5) is 9.59 Å². The fourth-order valence-electron chi connectivity index (χ4n) is 2.26. The molecule has 0 aliphatic carbocycles. The first-order chi connectivity index (χ1) is 10.7. The standard InChI is InChI=1S/C15H22N2O6/c1-15(2,3)23-14(21)17-11(18)9-10(12(17)19)22-13(20)16-7-5-4-6-8-16/h9,18-19H,4-8H2,1-3H3. The van der Waals surface area contributed by atoms with Crippen LogP contribution < -0.4 is 4.74 Å². The summed E-state index contributed by atoms with van der Waals surface area (Å²) in [6.45, 7) is 6.12. The number of ether oxygens (including phenoxy) is 2. The smallest absolute Gasteiger partial charge is 0.424 e. The minimum absolute atomic E-state index is 0.288. The molecule has 1 aliphatic rings. The Hall–Kier alpha value is -2.38. The zero-order chi connectivity index (χ0) is 17.2. The molecule has 1 amide bonds. The molecule has 2 heterocycles. The van der Waals surface area contributed by atoms with Crippen LogP contribution in [0.2, 0.25) is 0 Å². The predicted octanol–water partition coefficient (Wildman–Crippen LogP) is 2.67. The largest absolute Gasteiger partial charge is 0.494 e. The highest BCUT2D eigenvalue weighted by Crippen LogP contribution is 2.35. The number of nitrogens with zero attached hydrogens (tertiary/aromatic N) is 2. The molecule has 2 rings (SSSR count). The summed E-state index contributed by atoms with van der Waals surface area (Å²) in [7, 11) is 0. The van der Waals surface area contributed by atoms with Crippen molar-refractivity contribution >= 4 is 12.2 Å². The number of hydrogen-bond acceptors (Lipinski definition) is 6. The molecule has 0 spiro atoms. The Kier molecular flexibility index (Phi) is 4.72. The highest BCUT2D eigenvalue weighted by atomic mass is 16.6. The van der Waals surface area contributed by atoms with Crippen molar-refractivity contribution in [1.29, 1.82) is 0 Å². The molecule has 128 valence electrons. The van der Waals surface area contributed by atoms with Crippen molar-refractivity contribution in [1.82, 2.24) is 9.47 Å². The van der Waals surface area contributed by atoms with Gasteiger partial charge in [0.2, 0.25) is 11.8 Å². The van der Waals surface area contributed by atoms with E-state index in [0.717, 1.165) is 25.3 Å². The summed E-state index contributed by atoms with van der Waals surface area (Å²) in [4.78, 5) is 25.5. The van der Waals surface area contributed by atoms with Gasteiger partial charge in [-0.1, -0.05) is 0 Å². The fourth-order valence-corrected chi connectivity index (χ4v) is 2.26. The van der Waals surface area contributed by atoms with Gasteiger partial charge in [0.1, 0.15) is 5.60 Å². The molecule has 0 aromatic carbocycles. The van der Waals surface area contributed by atoms with E-state index in [4.69, 9.17) is 9.47 Å². The first-order valence-corrected chi connectivity index (χ1v) is 7.53. The number of rotatable bonds is 1. The molecule has 0 radical (unpaired) electrons. The molecular formula is C15H22N2O6. The van der Waals surface area contributed by atoms with Gasteiger partial charge in [0.05, 0.1) is 0 Å². The number of piperidine rings is 1. The topological polar surface area (TPSA) is 101 Å². The summed E-state index contributed by atoms with van der Waals surface area (Å²) >= 11 is 0. The van der Waals surface area contributed by atoms with Crippen LogP contribution in [-0.2, 0) is 4.74 Å². The van der Waals surface area contributed by atoms with Crippen molar-refractivity contribution in [3.63, 3.8) is 0 Å². The van der Waals surface area contributed by atoms with E-state index in [1.54, 1.807) is 20.8 Å². The highest BCUT2D eigenvalue weighted by Gasteiger charge is 2.28. The monoisotopic (exact) mass is 326 g/mol. The van der Waals surface area contributed by atoms with Crippen molar-refractivity contribution in [2.75, 3.05) is 13.1 Å². The lowest BCUT2D eigenvalue weighted by Gasteiger charge is -2.25. The zero-order valence-corrected chi connectivity index (χ0v) is 13.5. The average Bonchev–Trinajstić information content (AvgIpc) is 2.72. The van der Waals surface area contributed by atoms with E-state index in [1.807, 2.05) is 0 Å². The van der Waals surface area contributed by atoms with Gasteiger partial charge in [-0.25, -0.2) is 9.59 Å². The van der Waals surface area contributed by atoms with Crippen molar-refractivity contribution in [2.24, 2.45) is 0 Å². The summed E-state index contributed by atoms with van der Waals surface area (Å²) in [5.74, 6) is -1.54. The lowest BCUT2D eigenvalue weighted by molar-refractivity contribution is 0.0511. The van der Waals surface area contributed by atoms with Gasteiger partial charge in [0.15, 0.2) is 5.75 Å². The minimum Gasteiger partial charge on any atom is -0.494 e. The van der Waals surface area contributed by atoms with Gasteiger partial charge in [-0.2, -0.15) is 4.57 Å². The van der Waals surface area contributed by atoms with Crippen LogP contribution in [0, 0.1) is 0 Å². The van der Waals surface area contributed by atoms with Gasteiger partial charge in [-0.15, -0.1) is 0 Å². The van der Waals surface area contributed by atoms with Crippen molar-refractivity contribution in [3.8, 4) is 17.5 Å². The van der Waals surface area contributed by atoms with Crippen molar-refractivity contribution in [2.45, 2.75) is 45.6 Å². The third-order valence-corrected chi connectivity index (χ3v) is 3.31. The third kappa shape index (κ3) is 4.08. The molecule has 2 N–H and O–H groups in total. The van der Waals surface area contributed by atoms with Gasteiger partial charge in [0.25, 0.3) is 0 Å². The predicted molar refractivity (Wildman–Crippen MR) is 80.8 cm³/mol. The van der Waals surface area contributed by atoms with E-state index < -0.39 is 29.5 Å². The quantitative estimate of drug-likeness (QED) is 0.823. The van der Waals surface area contributed by atoms with Crippen LogP contribution in [0.1, 0.15) is 40.0 Å². The molecule has 0 saturated carbocycles. The molecule has 8 nitrogen and oxygen atoms in total. The summed E-state index contributed by atoms with van der Waals surface area (Å²) in [5, 5.41) is 19.8. The second kappa shape index (κ2) is 6.39. The maximum atomic E-state index is 12.0. The molecule has 1 aliphatic heterocycles. The lowest BCUT2D eigenvalue weighted by Crippen LogP contribution is -2.37. The molecule has 0 unspecified atom stereocenters. The van der Waals surface area contributed by atoms with Gasteiger partial charge in [-0.05, 0) is 40.0 Å². The highest BCUT2D eigenvalue weighted by molar-refractivity contribution is 5.78. The molecule has 1 aromatic rings. The van der Waals surface area contributed by atoms with E-state index in [1.165, 1.54) is 4.90 Å². The number of hydrogen-bond donors (Lipinski definition) is 2. The van der Waals surface area contributed by atoms with Crippen molar-refractivity contribution in [3.05, 3.63) is 6.07 Å². The Morgan fingerprint density at radius 1 is 1.09 bits per heavy atom. The molecule has 23 heavy (non-hydrogen) atoms. The summed E-state index contributed by atoms with van der Waals surface area (Å²) in [5.41, 5.74) is -0.801. The Bertz CT molecular complexity index is 596. The summed E-state index contributed by atoms with van der Waals surface area (Å²) in [6.07, 6.45) is 1.26. The van der Waals surface area contributed by atoms with Gasteiger partial charge in [0, 0.05) is 19.2 Å². The zero-order valence-electron chi connectivity index (χ0n) is 13.5. The van der Waals surface area contributed by atoms with Gasteiger partial charge in [-0.3, -0.25) is 0 Å². The molecule has 8 heteroatoms. The number of carbonyl (C=O) groups excluding carboxylic acids is 2. The van der Waals surface area contributed by atoms with E-state index in [9.17, 15) is 19.8 Å². The van der Waals surface area contributed by atoms with Crippen LogP contribution in [0.15, 0.2) is 6.07 Å². The lowest BCUT2D eigenvalue weighted by atomic mass is 10.1. The first kappa shape index (κ1) is 17.0. The SMILES string of the molecule is CC(C)(C)OC(=O)n1c(O)cc(OC(=O)N2CCCCC2)c1O. The molecule has 1 saturated heterocycles. The van der Waals surface area contributed by atoms with Gasteiger partial charge >= 0.3 is 12.2 Å². The molecule has 1 aromatic heterocycles. The van der Waals surface area contributed by atoms with Crippen LogP contribution in [0.5, 0.6) is 17.5 Å². The Morgan fingerprint density at radius 3 is 2.26 bits per heavy atom. The molecular weight excluding hydrogens is 304 g/mol. The minimum atomic E-state index is -0.965. The van der Waals surface area contributed by atoms with Crippen LogP contribution in [0.25, 0.3) is 0 Å². The van der Waals surface area contributed by atoms with Crippen molar-refractivity contribution < 1.29 is 29.3 Å². The molecule has 1 fully saturated rings. The van der Waals surface area contributed by atoms with E-state index >= 15 is 0 Å². The summed E-state index contributed by atoms with van der Waals surface area (Å²) < 4.78 is 10.7. The number of carbonyl (C=O) groups is 2. The van der Waals surface area contributed by atoms with E-state index in [-0.39, 0.29) is 5.75 Å². The van der Waals surface area contributed by atoms with Crippen LogP contribution in [0.3, 0.4) is 0 Å². The van der Waals surface area contributed by atoms with Gasteiger partial charge < -0.3 is 24.6 Å². The Balaban J connectivity index is 2.13. The van der Waals surface area contributed by atoms with Crippen LogP contribution >= 0.6 is 0 Å². The normalized spacial score (nSPS) is 15.3. The number of aromatic nitrogens is 1. The summed E-state index contributed by atoms with van der Waals surface area (Å²) in [6, 6.07) is 1.00. The maximum absolute atomic E-state index is 12.0. The van der Waals surface area contributed by atoms with E-state index in [0.29, 0.717) is 17.7 Å².